The molecule has 0 aliphatic rings. The summed E-state index contributed by atoms with van der Waals surface area (Å²) in [5.41, 5.74) is 18.5. The van der Waals surface area contributed by atoms with Crippen LogP contribution in [-0.2, 0) is 0 Å². The minimum Gasteiger partial charge on any atom is -0.354 e. The second-order valence-electron chi connectivity index (χ2n) is 15.2. The maximum absolute atomic E-state index is 5.14. The van der Waals surface area contributed by atoms with Crippen LogP contribution < -0.4 is 0 Å². The molecule has 2 aromatic heterocycles. The van der Waals surface area contributed by atoms with Crippen LogP contribution in [0.1, 0.15) is 0 Å². The van der Waals surface area contributed by atoms with Crippen LogP contribution in [0.5, 0.6) is 0 Å². The van der Waals surface area contributed by atoms with Crippen molar-refractivity contribution in [3.63, 3.8) is 0 Å². The number of H-pyrrole nitrogens is 1. The summed E-state index contributed by atoms with van der Waals surface area (Å²) in [6.07, 6.45) is 0. The summed E-state index contributed by atoms with van der Waals surface area (Å²) in [7, 11) is 0. The number of hydrogen-bond acceptors (Lipinski definition) is 3. The smallest absolute Gasteiger partial charge is 0.108 e. The number of nitrogens with one attached hydrogen (secondary N) is 1. The predicted molar refractivity (Wildman–Crippen MR) is 253 cm³/mol. The number of nitrogens with zero attached hydrogens (tertiary/aromatic N) is 3. The molecule has 0 unspecified atom stereocenters. The van der Waals surface area contributed by atoms with Crippen LogP contribution in [0, 0.1) is 0 Å². The highest BCUT2D eigenvalue weighted by Crippen LogP contribution is 2.50. The molecule has 0 spiro atoms. The minimum atomic E-state index is 0.745. The summed E-state index contributed by atoms with van der Waals surface area (Å²) >= 11 is 0. The lowest BCUT2D eigenvalue weighted by Gasteiger charge is -2.21. The summed E-state index contributed by atoms with van der Waals surface area (Å²) in [6.45, 7) is 0. The first-order chi connectivity index (χ1) is 30.3. The van der Waals surface area contributed by atoms with Crippen molar-refractivity contribution in [3.8, 4) is 89.3 Å². The van der Waals surface area contributed by atoms with Crippen molar-refractivity contribution in [1.82, 2.24) is 20.4 Å². The van der Waals surface area contributed by atoms with Gasteiger partial charge in [-0.25, -0.2) is 0 Å². The molecule has 0 bridgehead atoms. The third-order valence-corrected chi connectivity index (χ3v) is 11.7. The molecule has 0 radical (unpaired) electrons. The Bertz CT molecular complexity index is 3350. The van der Waals surface area contributed by atoms with E-state index in [0.29, 0.717) is 0 Å². The fourth-order valence-corrected chi connectivity index (χ4v) is 9.00. The maximum atomic E-state index is 5.14. The van der Waals surface area contributed by atoms with Crippen LogP contribution in [0.15, 0.2) is 224 Å². The van der Waals surface area contributed by atoms with Crippen LogP contribution in [0.25, 0.3) is 111 Å². The Morgan fingerprint density at radius 1 is 0.262 bits per heavy atom. The molecular formula is C57H38N4. The van der Waals surface area contributed by atoms with Crippen molar-refractivity contribution in [1.29, 1.82) is 0 Å². The van der Waals surface area contributed by atoms with Crippen LogP contribution >= 0.6 is 0 Å². The molecule has 11 aromatic rings. The van der Waals surface area contributed by atoms with Gasteiger partial charge in [0.2, 0.25) is 0 Å². The molecule has 9 aromatic carbocycles. The van der Waals surface area contributed by atoms with E-state index in [4.69, 9.17) is 10.2 Å². The normalized spacial score (nSPS) is 11.3. The molecule has 0 saturated carbocycles. The maximum Gasteiger partial charge on any atom is 0.108 e. The third kappa shape index (κ3) is 6.39. The quantitative estimate of drug-likeness (QED) is 0.167. The number of hydrogen-bond donors (Lipinski definition) is 1. The Labute approximate surface area is 354 Å². The SMILES string of the molecule is c1ccc(-c2ccccc2-c2ccccc2-c2ccc3c([nH]c4ccccc43)c2-c2nnnc(-c3ccccc3-c3ccccc3)c2-c2ccccc2-c2ccccc2)cc1. The van der Waals surface area contributed by atoms with E-state index in [1.807, 2.05) is 0 Å². The topological polar surface area (TPSA) is 54.5 Å². The van der Waals surface area contributed by atoms with Gasteiger partial charge in [-0.1, -0.05) is 218 Å². The molecule has 61 heavy (non-hydrogen) atoms. The van der Waals surface area contributed by atoms with Gasteiger partial charge in [-0.15, -0.1) is 10.2 Å². The van der Waals surface area contributed by atoms with Gasteiger partial charge in [0.05, 0.1) is 5.52 Å². The molecule has 2 heterocycles. The van der Waals surface area contributed by atoms with E-state index in [2.05, 4.69) is 235 Å². The molecule has 0 aliphatic carbocycles. The Kier molecular flexibility index (Phi) is 9.14. The highest BCUT2D eigenvalue weighted by Gasteiger charge is 2.27. The van der Waals surface area contributed by atoms with Crippen molar-refractivity contribution < 1.29 is 0 Å². The third-order valence-electron chi connectivity index (χ3n) is 11.7. The Morgan fingerprint density at radius 2 is 0.672 bits per heavy atom. The summed E-state index contributed by atoms with van der Waals surface area (Å²) in [5, 5.41) is 17.1. The van der Waals surface area contributed by atoms with Gasteiger partial charge in [-0.3, -0.25) is 0 Å². The van der Waals surface area contributed by atoms with Gasteiger partial charge in [0.15, 0.2) is 0 Å². The monoisotopic (exact) mass is 778 g/mol. The summed E-state index contributed by atoms with van der Waals surface area (Å²) in [5.74, 6) is 0. The van der Waals surface area contributed by atoms with Crippen molar-refractivity contribution in [2.24, 2.45) is 0 Å². The molecule has 1 N–H and O–H groups in total. The second kappa shape index (κ2) is 15.5. The lowest BCUT2D eigenvalue weighted by atomic mass is 9.83. The number of rotatable bonds is 8. The molecule has 0 aliphatic heterocycles. The first-order valence-corrected chi connectivity index (χ1v) is 20.6. The summed E-state index contributed by atoms with van der Waals surface area (Å²) in [4.78, 5) is 3.88. The van der Waals surface area contributed by atoms with Gasteiger partial charge >= 0.3 is 0 Å². The fraction of sp³-hybridized carbons (Fsp3) is 0. The van der Waals surface area contributed by atoms with E-state index >= 15 is 0 Å². The lowest BCUT2D eigenvalue weighted by molar-refractivity contribution is 0.879. The average molecular weight is 779 g/mol. The highest BCUT2D eigenvalue weighted by molar-refractivity contribution is 6.17. The molecule has 4 heteroatoms. The number of aromatic amines is 1. The number of fused-ring (bicyclic) bond motifs is 3. The van der Waals surface area contributed by atoms with Crippen LogP contribution in [0.4, 0.5) is 0 Å². The van der Waals surface area contributed by atoms with Gasteiger partial charge in [-0.05, 0) is 72.5 Å². The van der Waals surface area contributed by atoms with Crippen LogP contribution in [-0.4, -0.2) is 20.4 Å². The van der Waals surface area contributed by atoms with Gasteiger partial charge in [0.1, 0.15) is 11.4 Å². The van der Waals surface area contributed by atoms with Crippen molar-refractivity contribution in [3.05, 3.63) is 224 Å². The highest BCUT2D eigenvalue weighted by atomic mass is 15.3. The fourth-order valence-electron chi connectivity index (χ4n) is 9.00. The zero-order valence-electron chi connectivity index (χ0n) is 33.2. The van der Waals surface area contributed by atoms with E-state index in [1.165, 1.54) is 11.1 Å². The van der Waals surface area contributed by atoms with E-state index in [9.17, 15) is 0 Å². The molecule has 286 valence electrons. The first kappa shape index (κ1) is 35.9. The number of para-hydroxylation sites is 1. The first-order valence-electron chi connectivity index (χ1n) is 20.6. The zero-order chi connectivity index (χ0) is 40.5. The van der Waals surface area contributed by atoms with Crippen LogP contribution in [0.2, 0.25) is 0 Å². The molecule has 0 amide bonds. The van der Waals surface area contributed by atoms with Crippen LogP contribution in [0.3, 0.4) is 0 Å². The van der Waals surface area contributed by atoms with E-state index < -0.39 is 0 Å². The molecule has 4 nitrogen and oxygen atoms in total. The van der Waals surface area contributed by atoms with E-state index in [0.717, 1.165) is 100.0 Å². The Hall–Kier alpha value is -8.21. The molecule has 0 fully saturated rings. The Balaban J connectivity index is 1.27. The number of benzene rings is 9. The largest absolute Gasteiger partial charge is 0.354 e. The summed E-state index contributed by atoms with van der Waals surface area (Å²) in [6, 6.07) is 79.3. The van der Waals surface area contributed by atoms with Gasteiger partial charge in [-0.2, -0.15) is 0 Å². The predicted octanol–water partition coefficient (Wildman–Crippen LogP) is 14.8. The molecule has 11 rings (SSSR count). The van der Waals surface area contributed by atoms with Gasteiger partial charge < -0.3 is 4.98 Å². The molecule has 0 atom stereocenters. The summed E-state index contributed by atoms with van der Waals surface area (Å²) < 4.78 is 0. The van der Waals surface area contributed by atoms with Crippen molar-refractivity contribution in [2.45, 2.75) is 0 Å². The average Bonchev–Trinajstić information content (AvgIpc) is 3.73. The number of aromatic nitrogens is 4. The van der Waals surface area contributed by atoms with Gasteiger partial charge in [0, 0.05) is 33.0 Å². The van der Waals surface area contributed by atoms with Crippen molar-refractivity contribution >= 4 is 21.8 Å². The van der Waals surface area contributed by atoms with Gasteiger partial charge in [0.25, 0.3) is 0 Å². The standard InChI is InChI=1S/C57H38N4/c1-4-20-38(21-5-1)41-26-10-13-29-44(41)45-30-14-15-31-46(45)49-36-37-51-47-32-18-19-35-52(47)58-55(51)53(49)57-54(48-33-16-11-27-42(48)39-22-6-2-7-23-39)56(59-61-60-57)50-34-17-12-28-43(50)40-24-8-3-9-25-40/h1-37,58H. The van der Waals surface area contributed by atoms with Crippen molar-refractivity contribution in [2.75, 3.05) is 0 Å². The zero-order valence-corrected chi connectivity index (χ0v) is 33.2. The lowest BCUT2D eigenvalue weighted by Crippen LogP contribution is -2.03. The second-order valence-corrected chi connectivity index (χ2v) is 15.2. The minimum absolute atomic E-state index is 0.745. The van der Waals surface area contributed by atoms with E-state index in [-0.39, 0.29) is 0 Å². The Morgan fingerprint density at radius 3 is 1.26 bits per heavy atom. The molecular weight excluding hydrogens is 741 g/mol. The van der Waals surface area contributed by atoms with E-state index in [1.54, 1.807) is 0 Å². The molecule has 0 saturated heterocycles.